The number of ether oxygens (including phenoxy) is 1. The molecule has 7 nitrogen and oxygen atoms in total. The van der Waals surface area contributed by atoms with Gasteiger partial charge in [-0.15, -0.1) is 0 Å². The Morgan fingerprint density at radius 2 is 1.78 bits per heavy atom. The van der Waals surface area contributed by atoms with Gasteiger partial charge in [0.05, 0.1) is 6.54 Å². The van der Waals surface area contributed by atoms with E-state index in [4.69, 9.17) is 4.74 Å². The second-order valence-electron chi connectivity index (χ2n) is 5.96. The predicted octanol–water partition coefficient (Wildman–Crippen LogP) is 2.26. The molecule has 140 valence electrons. The Kier molecular flexibility index (Phi) is 6.40. The molecule has 3 rings (SSSR count). The fourth-order valence-electron chi connectivity index (χ4n) is 2.57. The van der Waals surface area contributed by atoms with Crippen LogP contribution in [0, 0.1) is 0 Å². The van der Waals surface area contributed by atoms with Crippen LogP contribution in [0.25, 0.3) is 0 Å². The van der Waals surface area contributed by atoms with Gasteiger partial charge in [-0.1, -0.05) is 48.5 Å². The number of para-hydroxylation sites is 1. The number of benzene rings is 2. The summed E-state index contributed by atoms with van der Waals surface area (Å²) in [5.41, 5.74) is 2.21. The van der Waals surface area contributed by atoms with E-state index in [2.05, 4.69) is 37.8 Å². The van der Waals surface area contributed by atoms with Crippen LogP contribution in [0.2, 0.25) is 0 Å². The van der Waals surface area contributed by atoms with Gasteiger partial charge in [-0.25, -0.2) is 4.98 Å². The number of aliphatic imine (C=N–C) groups is 1. The number of nitrogens with one attached hydrogen (secondary N) is 2. The predicted molar refractivity (Wildman–Crippen MR) is 105 cm³/mol. The second-order valence-corrected chi connectivity index (χ2v) is 5.96. The summed E-state index contributed by atoms with van der Waals surface area (Å²) in [7, 11) is 3.60. The van der Waals surface area contributed by atoms with Crippen LogP contribution in [0.1, 0.15) is 17.0 Å². The normalized spacial score (nSPS) is 11.3. The van der Waals surface area contributed by atoms with Crippen LogP contribution in [0.15, 0.2) is 65.9 Å². The Labute approximate surface area is 159 Å². The molecule has 3 aromatic rings. The van der Waals surface area contributed by atoms with Crippen LogP contribution in [-0.4, -0.2) is 27.8 Å². The molecule has 0 aliphatic rings. The number of hydrogen-bond acceptors (Lipinski definition) is 4. The summed E-state index contributed by atoms with van der Waals surface area (Å²) in [5, 5.41) is 10.6. The van der Waals surface area contributed by atoms with Crippen LogP contribution >= 0.6 is 0 Å². The number of nitrogens with zero attached hydrogens (tertiary/aromatic N) is 4. The average molecular weight is 364 g/mol. The van der Waals surface area contributed by atoms with Crippen LogP contribution in [-0.2, 0) is 26.7 Å². The van der Waals surface area contributed by atoms with Gasteiger partial charge in [-0.05, 0) is 11.6 Å². The SMILES string of the molecule is CN=C(NCc1ccccc1OCc1ccccc1)NCc1ncnn1C. The molecule has 27 heavy (non-hydrogen) atoms. The van der Waals surface area contributed by atoms with E-state index in [0.717, 1.165) is 22.7 Å². The van der Waals surface area contributed by atoms with E-state index in [0.29, 0.717) is 25.7 Å². The van der Waals surface area contributed by atoms with E-state index in [9.17, 15) is 0 Å². The van der Waals surface area contributed by atoms with Crippen molar-refractivity contribution in [3.63, 3.8) is 0 Å². The lowest BCUT2D eigenvalue weighted by Gasteiger charge is -2.15. The minimum Gasteiger partial charge on any atom is -0.489 e. The number of guanidine groups is 1. The van der Waals surface area contributed by atoms with Crippen molar-refractivity contribution in [2.45, 2.75) is 19.7 Å². The minimum atomic E-state index is 0.539. The molecule has 7 heteroatoms. The molecule has 0 saturated carbocycles. The Morgan fingerprint density at radius 3 is 2.52 bits per heavy atom. The van der Waals surface area contributed by atoms with E-state index in [-0.39, 0.29) is 0 Å². The van der Waals surface area contributed by atoms with Crippen LogP contribution in [0.5, 0.6) is 5.75 Å². The quantitative estimate of drug-likeness (QED) is 0.497. The summed E-state index contributed by atoms with van der Waals surface area (Å²) < 4.78 is 7.73. The smallest absolute Gasteiger partial charge is 0.191 e. The van der Waals surface area contributed by atoms with Crippen molar-refractivity contribution in [1.82, 2.24) is 25.4 Å². The molecular weight excluding hydrogens is 340 g/mol. The topological polar surface area (TPSA) is 76.4 Å². The van der Waals surface area contributed by atoms with Crippen LogP contribution in [0.3, 0.4) is 0 Å². The van der Waals surface area contributed by atoms with E-state index < -0.39 is 0 Å². The summed E-state index contributed by atoms with van der Waals surface area (Å²) in [6.45, 7) is 1.68. The van der Waals surface area contributed by atoms with E-state index in [1.54, 1.807) is 11.7 Å². The molecular formula is C20H24N6O. The van der Waals surface area contributed by atoms with Crippen LogP contribution < -0.4 is 15.4 Å². The second kappa shape index (κ2) is 9.38. The maximum atomic E-state index is 6.00. The number of hydrogen-bond donors (Lipinski definition) is 2. The van der Waals surface area contributed by atoms with Gasteiger partial charge >= 0.3 is 0 Å². The van der Waals surface area contributed by atoms with Crippen molar-refractivity contribution < 1.29 is 4.74 Å². The molecule has 2 aromatic carbocycles. The third-order valence-corrected chi connectivity index (χ3v) is 4.10. The van der Waals surface area contributed by atoms with Crippen molar-refractivity contribution in [3.05, 3.63) is 77.9 Å². The lowest BCUT2D eigenvalue weighted by Crippen LogP contribution is -2.37. The van der Waals surface area contributed by atoms with Crippen molar-refractivity contribution in [2.24, 2.45) is 12.0 Å². The fraction of sp³-hybridized carbons (Fsp3) is 0.250. The van der Waals surface area contributed by atoms with Crippen molar-refractivity contribution in [3.8, 4) is 5.75 Å². The van der Waals surface area contributed by atoms with Gasteiger partial charge in [0.25, 0.3) is 0 Å². The summed E-state index contributed by atoms with van der Waals surface area (Å²) in [6.07, 6.45) is 1.54. The maximum Gasteiger partial charge on any atom is 0.191 e. The zero-order valence-corrected chi connectivity index (χ0v) is 15.6. The highest BCUT2D eigenvalue weighted by Crippen LogP contribution is 2.19. The van der Waals surface area contributed by atoms with Gasteiger partial charge in [0.15, 0.2) is 5.96 Å². The first-order chi connectivity index (χ1) is 13.3. The lowest BCUT2D eigenvalue weighted by atomic mass is 10.2. The molecule has 0 spiro atoms. The fourth-order valence-corrected chi connectivity index (χ4v) is 2.57. The highest BCUT2D eigenvalue weighted by atomic mass is 16.5. The summed E-state index contributed by atoms with van der Waals surface area (Å²) in [4.78, 5) is 8.45. The largest absolute Gasteiger partial charge is 0.489 e. The zero-order valence-electron chi connectivity index (χ0n) is 15.6. The Bertz CT molecular complexity index is 875. The first-order valence-electron chi connectivity index (χ1n) is 8.78. The van der Waals surface area contributed by atoms with Gasteiger partial charge in [0, 0.05) is 26.2 Å². The van der Waals surface area contributed by atoms with Gasteiger partial charge in [-0.3, -0.25) is 9.67 Å². The zero-order chi connectivity index (χ0) is 18.9. The highest BCUT2D eigenvalue weighted by molar-refractivity contribution is 5.79. The van der Waals surface area contributed by atoms with Gasteiger partial charge in [0.2, 0.25) is 0 Å². The van der Waals surface area contributed by atoms with Gasteiger partial charge in [0.1, 0.15) is 24.5 Å². The molecule has 0 aliphatic carbocycles. The summed E-state index contributed by atoms with van der Waals surface area (Å²) in [6, 6.07) is 18.1. The molecule has 0 amide bonds. The Morgan fingerprint density at radius 1 is 1.04 bits per heavy atom. The van der Waals surface area contributed by atoms with Gasteiger partial charge < -0.3 is 15.4 Å². The summed E-state index contributed by atoms with van der Waals surface area (Å²) in [5.74, 6) is 2.39. The van der Waals surface area contributed by atoms with E-state index >= 15 is 0 Å². The summed E-state index contributed by atoms with van der Waals surface area (Å²) >= 11 is 0. The molecule has 0 saturated heterocycles. The molecule has 0 fully saturated rings. The first kappa shape index (κ1) is 18.4. The Hall–Kier alpha value is -3.35. The molecule has 0 radical (unpaired) electrons. The van der Waals surface area contributed by atoms with Crippen molar-refractivity contribution in [2.75, 3.05) is 7.05 Å². The third-order valence-electron chi connectivity index (χ3n) is 4.10. The molecule has 0 atom stereocenters. The number of rotatable bonds is 7. The molecule has 0 unspecified atom stereocenters. The minimum absolute atomic E-state index is 0.539. The van der Waals surface area contributed by atoms with Crippen molar-refractivity contribution >= 4 is 5.96 Å². The molecule has 1 aromatic heterocycles. The average Bonchev–Trinajstić information content (AvgIpc) is 3.13. The monoisotopic (exact) mass is 364 g/mol. The first-order valence-corrected chi connectivity index (χ1v) is 8.78. The third kappa shape index (κ3) is 5.31. The van der Waals surface area contributed by atoms with E-state index in [1.165, 1.54) is 6.33 Å². The molecule has 2 N–H and O–H groups in total. The maximum absolute atomic E-state index is 6.00. The molecule has 1 heterocycles. The highest BCUT2D eigenvalue weighted by Gasteiger charge is 2.06. The molecule has 0 bridgehead atoms. The van der Waals surface area contributed by atoms with Crippen molar-refractivity contribution in [1.29, 1.82) is 0 Å². The lowest BCUT2D eigenvalue weighted by molar-refractivity contribution is 0.302. The number of aromatic nitrogens is 3. The Balaban J connectivity index is 1.56. The molecule has 0 aliphatic heterocycles. The van der Waals surface area contributed by atoms with E-state index in [1.807, 2.05) is 49.5 Å². The van der Waals surface area contributed by atoms with Crippen LogP contribution in [0.4, 0.5) is 0 Å². The van der Waals surface area contributed by atoms with Gasteiger partial charge in [-0.2, -0.15) is 5.10 Å². The number of aryl methyl sites for hydroxylation is 1. The standard InChI is InChI=1S/C20H24N6O/c1-21-20(23-13-19-24-15-25-26(19)2)22-12-17-10-6-7-11-18(17)27-14-16-8-4-3-5-9-16/h3-11,15H,12-14H2,1-2H3,(H2,21,22,23).